The molecule has 0 bridgehead atoms. The minimum atomic E-state index is -0.304. The van der Waals surface area contributed by atoms with Gasteiger partial charge in [0.2, 0.25) is 5.91 Å². The van der Waals surface area contributed by atoms with Gasteiger partial charge in [0.25, 0.3) is 0 Å². The molecule has 2 aromatic carbocycles. The number of carbonyl (C=O) groups is 2. The summed E-state index contributed by atoms with van der Waals surface area (Å²) in [4.78, 5) is 26.8. The van der Waals surface area contributed by atoms with Gasteiger partial charge in [-0.3, -0.25) is 9.69 Å². The molecule has 8 heteroatoms. The Morgan fingerprint density at radius 1 is 1.10 bits per heavy atom. The standard InChI is InChI=1S/C23H24ClN5O2/c1-27(12-5-13-28-21(30)14-25-23(28)31)15-18-16-29(20-6-3-2-4-7-20)26-22(18)17-8-10-19(24)11-9-17/h2-4,6-11,16H,5,12-15H2,1H3,(H,25,31). The molecule has 1 N–H and O–H groups in total. The van der Waals surface area contributed by atoms with Gasteiger partial charge >= 0.3 is 6.03 Å². The third-order valence-electron chi connectivity index (χ3n) is 5.23. The molecule has 7 nitrogen and oxygen atoms in total. The van der Waals surface area contributed by atoms with Crippen LogP contribution in [0, 0.1) is 0 Å². The second-order valence-electron chi connectivity index (χ2n) is 7.59. The maximum Gasteiger partial charge on any atom is 0.324 e. The number of aromatic nitrogens is 2. The monoisotopic (exact) mass is 437 g/mol. The van der Waals surface area contributed by atoms with E-state index >= 15 is 0 Å². The molecule has 0 atom stereocenters. The Morgan fingerprint density at radius 2 is 1.84 bits per heavy atom. The lowest BCUT2D eigenvalue weighted by atomic mass is 10.1. The molecule has 1 aromatic heterocycles. The summed E-state index contributed by atoms with van der Waals surface area (Å²) in [5.74, 6) is -0.165. The van der Waals surface area contributed by atoms with E-state index in [1.165, 1.54) is 4.90 Å². The Balaban J connectivity index is 1.49. The van der Waals surface area contributed by atoms with Crippen molar-refractivity contribution < 1.29 is 9.59 Å². The Kier molecular flexibility index (Phi) is 6.34. The summed E-state index contributed by atoms with van der Waals surface area (Å²) < 4.78 is 1.89. The summed E-state index contributed by atoms with van der Waals surface area (Å²) in [6, 6.07) is 17.4. The molecule has 1 aliphatic rings. The molecule has 0 radical (unpaired) electrons. The fourth-order valence-electron chi connectivity index (χ4n) is 3.64. The van der Waals surface area contributed by atoms with Gasteiger partial charge in [-0.1, -0.05) is 41.9 Å². The number of imide groups is 1. The summed E-state index contributed by atoms with van der Waals surface area (Å²) >= 11 is 6.07. The van der Waals surface area contributed by atoms with Crippen LogP contribution in [0.2, 0.25) is 5.02 Å². The van der Waals surface area contributed by atoms with Crippen LogP contribution in [0.3, 0.4) is 0 Å². The molecule has 0 aliphatic carbocycles. The molecule has 2 heterocycles. The first-order chi connectivity index (χ1) is 15.0. The van der Waals surface area contributed by atoms with Crippen LogP contribution >= 0.6 is 11.6 Å². The van der Waals surface area contributed by atoms with Crippen LogP contribution in [-0.2, 0) is 11.3 Å². The quantitative estimate of drug-likeness (QED) is 0.547. The number of halogens is 1. The van der Waals surface area contributed by atoms with Gasteiger partial charge in [0, 0.05) is 35.4 Å². The van der Waals surface area contributed by atoms with E-state index in [4.69, 9.17) is 16.7 Å². The van der Waals surface area contributed by atoms with E-state index < -0.39 is 0 Å². The Morgan fingerprint density at radius 3 is 2.52 bits per heavy atom. The Hall–Kier alpha value is -3.16. The largest absolute Gasteiger partial charge is 0.329 e. The molecule has 0 saturated carbocycles. The summed E-state index contributed by atoms with van der Waals surface area (Å²) in [5.41, 5.74) is 3.98. The van der Waals surface area contributed by atoms with E-state index in [0.29, 0.717) is 24.5 Å². The van der Waals surface area contributed by atoms with Crippen LogP contribution in [-0.4, -0.2) is 58.2 Å². The van der Waals surface area contributed by atoms with Gasteiger partial charge in [-0.2, -0.15) is 5.10 Å². The fraction of sp³-hybridized carbons (Fsp3) is 0.261. The molecular weight excluding hydrogens is 414 g/mol. The highest BCUT2D eigenvalue weighted by molar-refractivity contribution is 6.30. The number of nitrogens with one attached hydrogen (secondary N) is 1. The van der Waals surface area contributed by atoms with Crippen molar-refractivity contribution in [3.8, 4) is 16.9 Å². The number of carbonyl (C=O) groups excluding carboxylic acids is 2. The van der Waals surface area contributed by atoms with Crippen LogP contribution in [0.25, 0.3) is 16.9 Å². The van der Waals surface area contributed by atoms with Crippen molar-refractivity contribution in [3.05, 3.63) is 71.4 Å². The molecule has 31 heavy (non-hydrogen) atoms. The molecule has 3 aromatic rings. The van der Waals surface area contributed by atoms with Gasteiger partial charge < -0.3 is 10.2 Å². The smallest absolute Gasteiger partial charge is 0.324 e. The number of urea groups is 1. The molecule has 1 saturated heterocycles. The van der Waals surface area contributed by atoms with Crippen LogP contribution in [0.5, 0.6) is 0 Å². The zero-order valence-electron chi connectivity index (χ0n) is 17.3. The maximum absolute atomic E-state index is 11.7. The molecule has 160 valence electrons. The lowest BCUT2D eigenvalue weighted by Gasteiger charge is -2.18. The summed E-state index contributed by atoms with van der Waals surface area (Å²) in [6.07, 6.45) is 2.76. The third kappa shape index (κ3) is 4.95. The van der Waals surface area contributed by atoms with E-state index in [-0.39, 0.29) is 18.5 Å². The predicted molar refractivity (Wildman–Crippen MR) is 120 cm³/mol. The van der Waals surface area contributed by atoms with Crippen molar-refractivity contribution in [2.75, 3.05) is 26.7 Å². The van der Waals surface area contributed by atoms with Gasteiger partial charge in [-0.05, 0) is 44.3 Å². The summed E-state index contributed by atoms with van der Waals surface area (Å²) in [5, 5.41) is 8.07. The Labute approximate surface area is 186 Å². The van der Waals surface area contributed by atoms with Gasteiger partial charge in [0.15, 0.2) is 0 Å². The number of benzene rings is 2. The highest BCUT2D eigenvalue weighted by Gasteiger charge is 2.27. The van der Waals surface area contributed by atoms with E-state index in [2.05, 4.69) is 10.2 Å². The lowest BCUT2D eigenvalue weighted by Crippen LogP contribution is -2.33. The molecular formula is C23H24ClN5O2. The minimum absolute atomic E-state index is 0.0950. The molecule has 0 spiro atoms. The molecule has 1 fully saturated rings. The average Bonchev–Trinajstić information content (AvgIpc) is 3.33. The van der Waals surface area contributed by atoms with Crippen molar-refractivity contribution in [1.29, 1.82) is 0 Å². The fourth-order valence-corrected chi connectivity index (χ4v) is 3.77. The van der Waals surface area contributed by atoms with Crippen molar-refractivity contribution >= 4 is 23.5 Å². The molecule has 3 amide bonds. The number of para-hydroxylation sites is 1. The second-order valence-corrected chi connectivity index (χ2v) is 8.02. The zero-order chi connectivity index (χ0) is 21.8. The average molecular weight is 438 g/mol. The number of rotatable bonds is 8. The van der Waals surface area contributed by atoms with Gasteiger partial charge in [0.1, 0.15) is 0 Å². The van der Waals surface area contributed by atoms with Crippen molar-refractivity contribution in [2.24, 2.45) is 0 Å². The minimum Gasteiger partial charge on any atom is -0.329 e. The summed E-state index contributed by atoms with van der Waals surface area (Å²) in [6.45, 7) is 1.94. The molecule has 1 aliphatic heterocycles. The molecule has 4 rings (SSSR count). The molecule has 0 unspecified atom stereocenters. The first kappa shape index (κ1) is 21.1. The lowest BCUT2D eigenvalue weighted by molar-refractivity contribution is -0.125. The van der Waals surface area contributed by atoms with E-state index in [1.54, 1.807) is 0 Å². The van der Waals surface area contributed by atoms with Crippen LogP contribution in [0.1, 0.15) is 12.0 Å². The van der Waals surface area contributed by atoms with Crippen molar-refractivity contribution in [2.45, 2.75) is 13.0 Å². The van der Waals surface area contributed by atoms with Gasteiger partial charge in [-0.25, -0.2) is 9.48 Å². The van der Waals surface area contributed by atoms with E-state index in [0.717, 1.165) is 29.1 Å². The number of nitrogens with zero attached hydrogens (tertiary/aromatic N) is 4. The Bertz CT molecular complexity index is 1050. The summed E-state index contributed by atoms with van der Waals surface area (Å²) in [7, 11) is 2.03. The van der Waals surface area contributed by atoms with Crippen LogP contribution < -0.4 is 5.32 Å². The SMILES string of the molecule is CN(CCCN1C(=O)CNC1=O)Cc1cn(-c2ccccc2)nc1-c1ccc(Cl)cc1. The van der Waals surface area contributed by atoms with Gasteiger partial charge in [0.05, 0.1) is 17.9 Å². The normalized spacial score (nSPS) is 13.8. The topological polar surface area (TPSA) is 70.5 Å². The maximum atomic E-state index is 11.7. The first-order valence-electron chi connectivity index (χ1n) is 10.2. The van der Waals surface area contributed by atoms with Crippen LogP contribution in [0.4, 0.5) is 4.79 Å². The number of hydrogen-bond donors (Lipinski definition) is 1. The van der Waals surface area contributed by atoms with Crippen molar-refractivity contribution in [1.82, 2.24) is 24.9 Å². The predicted octanol–water partition coefficient (Wildman–Crippen LogP) is 3.57. The zero-order valence-corrected chi connectivity index (χ0v) is 18.0. The third-order valence-corrected chi connectivity index (χ3v) is 5.48. The highest BCUT2D eigenvalue weighted by atomic mass is 35.5. The van der Waals surface area contributed by atoms with Crippen molar-refractivity contribution in [3.63, 3.8) is 0 Å². The highest BCUT2D eigenvalue weighted by Crippen LogP contribution is 2.26. The van der Waals surface area contributed by atoms with Gasteiger partial charge in [-0.15, -0.1) is 0 Å². The first-order valence-corrected chi connectivity index (χ1v) is 10.6. The van der Waals surface area contributed by atoms with E-state index in [9.17, 15) is 9.59 Å². The number of amides is 3. The van der Waals surface area contributed by atoms with Crippen LogP contribution in [0.15, 0.2) is 60.8 Å². The number of hydrogen-bond acceptors (Lipinski definition) is 4. The second kappa shape index (κ2) is 9.32. The van der Waals surface area contributed by atoms with E-state index in [1.807, 2.05) is 72.5 Å².